The van der Waals surface area contributed by atoms with Crippen LogP contribution >= 0.6 is 0 Å². The van der Waals surface area contributed by atoms with E-state index in [-0.39, 0.29) is 5.91 Å². The minimum absolute atomic E-state index is 0.161. The minimum atomic E-state index is 0.161. The van der Waals surface area contributed by atoms with Gasteiger partial charge in [0.15, 0.2) is 0 Å². The topological polar surface area (TPSA) is 58.6 Å². The third-order valence-electron chi connectivity index (χ3n) is 3.97. The number of carbonyl (C=O) groups is 1. The Bertz CT molecular complexity index is 653. The molecular formula is C16H20N4O2. The normalized spacial score (nSPS) is 16.0. The van der Waals surface area contributed by atoms with Crippen molar-refractivity contribution in [1.29, 1.82) is 0 Å². The first-order valence-electron chi connectivity index (χ1n) is 7.53. The average Bonchev–Trinajstić information content (AvgIpc) is 2.55. The Hall–Kier alpha value is -2.21. The summed E-state index contributed by atoms with van der Waals surface area (Å²) < 4.78 is 5.81. The van der Waals surface area contributed by atoms with Crippen LogP contribution in [-0.4, -0.2) is 65.0 Å². The second-order valence-corrected chi connectivity index (χ2v) is 5.44. The number of rotatable bonds is 4. The average molecular weight is 300 g/mol. The lowest BCUT2D eigenvalue weighted by molar-refractivity contribution is -0.130. The Labute approximate surface area is 129 Å². The zero-order valence-corrected chi connectivity index (χ0v) is 12.7. The van der Waals surface area contributed by atoms with E-state index in [9.17, 15) is 4.79 Å². The lowest BCUT2D eigenvalue weighted by Crippen LogP contribution is -2.48. The molecule has 6 nitrogen and oxygen atoms in total. The predicted molar refractivity (Wildman–Crippen MR) is 83.7 cm³/mol. The van der Waals surface area contributed by atoms with Gasteiger partial charge in [0.1, 0.15) is 18.7 Å². The van der Waals surface area contributed by atoms with Gasteiger partial charge in [-0.2, -0.15) is 0 Å². The maximum atomic E-state index is 11.3. The Morgan fingerprint density at radius 1 is 1.27 bits per heavy atom. The van der Waals surface area contributed by atoms with Crippen molar-refractivity contribution in [2.45, 2.75) is 6.92 Å². The van der Waals surface area contributed by atoms with E-state index >= 15 is 0 Å². The van der Waals surface area contributed by atoms with Crippen LogP contribution in [0.2, 0.25) is 0 Å². The molecule has 0 saturated carbocycles. The summed E-state index contributed by atoms with van der Waals surface area (Å²) in [4.78, 5) is 23.7. The van der Waals surface area contributed by atoms with Crippen molar-refractivity contribution in [3.05, 3.63) is 30.7 Å². The quantitative estimate of drug-likeness (QED) is 0.848. The van der Waals surface area contributed by atoms with Crippen molar-refractivity contribution >= 4 is 16.8 Å². The van der Waals surface area contributed by atoms with E-state index in [2.05, 4.69) is 14.9 Å². The summed E-state index contributed by atoms with van der Waals surface area (Å²) in [5, 5.41) is 1.01. The highest BCUT2D eigenvalue weighted by Crippen LogP contribution is 2.18. The van der Waals surface area contributed by atoms with Gasteiger partial charge in [-0.3, -0.25) is 9.69 Å². The zero-order chi connectivity index (χ0) is 15.4. The number of fused-ring (bicyclic) bond motifs is 1. The van der Waals surface area contributed by atoms with Gasteiger partial charge in [-0.1, -0.05) is 0 Å². The van der Waals surface area contributed by atoms with E-state index in [1.165, 1.54) is 0 Å². The Kier molecular flexibility index (Phi) is 4.48. The summed E-state index contributed by atoms with van der Waals surface area (Å²) in [5.41, 5.74) is 0.891. The number of hydrogen-bond donors (Lipinski definition) is 0. The van der Waals surface area contributed by atoms with Gasteiger partial charge in [-0.05, 0) is 12.1 Å². The molecule has 0 N–H and O–H groups in total. The Balaban J connectivity index is 1.47. The SMILES string of the molecule is CC(=O)N1CCN(CCOc2ccc3cncnc3c2)CC1. The predicted octanol–water partition coefficient (Wildman–Crippen LogP) is 1.17. The standard InChI is InChI=1S/C16H20N4O2/c1-13(21)20-6-4-19(5-7-20)8-9-22-15-3-2-14-11-17-12-18-16(14)10-15/h2-3,10-12H,4-9H2,1H3. The molecule has 116 valence electrons. The highest BCUT2D eigenvalue weighted by molar-refractivity contribution is 5.78. The third-order valence-corrected chi connectivity index (χ3v) is 3.97. The van der Waals surface area contributed by atoms with Crippen molar-refractivity contribution in [3.63, 3.8) is 0 Å². The smallest absolute Gasteiger partial charge is 0.219 e. The van der Waals surface area contributed by atoms with E-state index in [1.54, 1.807) is 19.4 Å². The second-order valence-electron chi connectivity index (χ2n) is 5.44. The molecular weight excluding hydrogens is 280 g/mol. The van der Waals surface area contributed by atoms with Gasteiger partial charge in [-0.25, -0.2) is 9.97 Å². The molecule has 1 saturated heterocycles. The maximum Gasteiger partial charge on any atom is 0.219 e. The van der Waals surface area contributed by atoms with Crippen LogP contribution in [0.3, 0.4) is 0 Å². The third kappa shape index (κ3) is 3.51. The zero-order valence-electron chi connectivity index (χ0n) is 12.7. The van der Waals surface area contributed by atoms with Gasteiger partial charge in [-0.15, -0.1) is 0 Å². The van der Waals surface area contributed by atoms with Gasteiger partial charge in [0.25, 0.3) is 0 Å². The molecule has 0 unspecified atom stereocenters. The highest BCUT2D eigenvalue weighted by atomic mass is 16.5. The van der Waals surface area contributed by atoms with E-state index < -0.39 is 0 Å². The molecule has 22 heavy (non-hydrogen) atoms. The lowest BCUT2D eigenvalue weighted by Gasteiger charge is -2.34. The summed E-state index contributed by atoms with van der Waals surface area (Å²) in [5.74, 6) is 0.989. The molecule has 2 heterocycles. The number of nitrogens with zero attached hydrogens (tertiary/aromatic N) is 4. The molecule has 1 aromatic carbocycles. The van der Waals surface area contributed by atoms with E-state index in [0.717, 1.165) is 49.4 Å². The summed E-state index contributed by atoms with van der Waals surface area (Å²) >= 11 is 0. The summed E-state index contributed by atoms with van der Waals surface area (Å²) in [6.07, 6.45) is 3.33. The summed E-state index contributed by atoms with van der Waals surface area (Å²) in [6.45, 7) is 6.57. The molecule has 2 aromatic rings. The van der Waals surface area contributed by atoms with Gasteiger partial charge >= 0.3 is 0 Å². The fourth-order valence-electron chi connectivity index (χ4n) is 2.62. The van der Waals surface area contributed by atoms with Crippen molar-refractivity contribution in [3.8, 4) is 5.75 Å². The Morgan fingerprint density at radius 3 is 2.86 bits per heavy atom. The number of carbonyl (C=O) groups excluding carboxylic acids is 1. The number of benzene rings is 1. The van der Waals surface area contributed by atoms with Crippen molar-refractivity contribution < 1.29 is 9.53 Å². The molecule has 0 radical (unpaired) electrons. The second kappa shape index (κ2) is 6.70. The van der Waals surface area contributed by atoms with Crippen LogP contribution in [0.15, 0.2) is 30.7 Å². The van der Waals surface area contributed by atoms with Crippen LogP contribution in [0.1, 0.15) is 6.92 Å². The molecule has 1 aliphatic rings. The van der Waals surface area contributed by atoms with Crippen LogP contribution in [-0.2, 0) is 4.79 Å². The van der Waals surface area contributed by atoms with E-state index in [1.807, 2.05) is 23.1 Å². The molecule has 1 aromatic heterocycles. The fraction of sp³-hybridized carbons (Fsp3) is 0.438. The molecule has 1 aliphatic heterocycles. The molecule has 0 aliphatic carbocycles. The minimum Gasteiger partial charge on any atom is -0.492 e. The van der Waals surface area contributed by atoms with Crippen molar-refractivity contribution in [2.75, 3.05) is 39.3 Å². The number of piperazine rings is 1. The largest absolute Gasteiger partial charge is 0.492 e. The van der Waals surface area contributed by atoms with Crippen LogP contribution < -0.4 is 4.74 Å². The summed E-state index contributed by atoms with van der Waals surface area (Å²) in [7, 11) is 0. The molecule has 0 spiro atoms. The molecule has 1 fully saturated rings. The van der Waals surface area contributed by atoms with E-state index in [4.69, 9.17) is 4.74 Å². The number of amides is 1. The van der Waals surface area contributed by atoms with Gasteiger partial charge in [0.2, 0.25) is 5.91 Å². The summed E-state index contributed by atoms with van der Waals surface area (Å²) in [6, 6.07) is 5.85. The molecule has 0 bridgehead atoms. The molecule has 6 heteroatoms. The van der Waals surface area contributed by atoms with E-state index in [0.29, 0.717) is 6.61 Å². The van der Waals surface area contributed by atoms with Crippen LogP contribution in [0.25, 0.3) is 10.9 Å². The lowest BCUT2D eigenvalue weighted by atomic mass is 10.2. The van der Waals surface area contributed by atoms with Gasteiger partial charge in [0.05, 0.1) is 5.52 Å². The van der Waals surface area contributed by atoms with Gasteiger partial charge < -0.3 is 9.64 Å². The van der Waals surface area contributed by atoms with Crippen molar-refractivity contribution in [1.82, 2.24) is 19.8 Å². The molecule has 3 rings (SSSR count). The van der Waals surface area contributed by atoms with Crippen LogP contribution in [0, 0.1) is 0 Å². The highest BCUT2D eigenvalue weighted by Gasteiger charge is 2.18. The number of ether oxygens (including phenoxy) is 1. The fourth-order valence-corrected chi connectivity index (χ4v) is 2.62. The first kappa shape index (κ1) is 14.7. The van der Waals surface area contributed by atoms with Gasteiger partial charge in [0, 0.05) is 57.3 Å². The molecule has 1 amide bonds. The number of aromatic nitrogens is 2. The monoisotopic (exact) mass is 300 g/mol. The molecule has 0 atom stereocenters. The maximum absolute atomic E-state index is 11.3. The first-order valence-corrected chi connectivity index (χ1v) is 7.53. The number of hydrogen-bond acceptors (Lipinski definition) is 5. The van der Waals surface area contributed by atoms with Crippen molar-refractivity contribution in [2.24, 2.45) is 0 Å². The van der Waals surface area contributed by atoms with Crippen LogP contribution in [0.4, 0.5) is 0 Å². The first-order chi connectivity index (χ1) is 10.7. The van der Waals surface area contributed by atoms with Crippen LogP contribution in [0.5, 0.6) is 5.75 Å². The Morgan fingerprint density at radius 2 is 2.09 bits per heavy atom.